The molecule has 0 spiro atoms. The minimum atomic E-state index is -1.06. The normalized spacial score (nSPS) is 10.4. The lowest BCUT2D eigenvalue weighted by Gasteiger charge is -2.12. The topological polar surface area (TPSA) is 94.1 Å². The van der Waals surface area contributed by atoms with Crippen molar-refractivity contribution in [3.8, 4) is 11.5 Å². The summed E-state index contributed by atoms with van der Waals surface area (Å²) in [7, 11) is 0. The molecular formula is C11H14N2O4. The van der Waals surface area contributed by atoms with Gasteiger partial charge in [-0.2, -0.15) is 5.10 Å². The predicted molar refractivity (Wildman–Crippen MR) is 62.5 cm³/mol. The van der Waals surface area contributed by atoms with Crippen LogP contribution in [0, 0.1) is 0 Å². The molecule has 6 nitrogen and oxygen atoms in total. The standard InChI is InChI=1S/C11H14N2O4/c1-2-16-9-5-3-4-8(6-13-12)11(9)17-7-10(14)15/h3-6H,2,7,12H2,1H3,(H,14,15). The molecule has 92 valence electrons. The fourth-order valence-corrected chi connectivity index (χ4v) is 1.27. The van der Waals surface area contributed by atoms with Crippen LogP contribution in [0.4, 0.5) is 0 Å². The summed E-state index contributed by atoms with van der Waals surface area (Å²) in [5.74, 6) is 4.79. The first-order chi connectivity index (χ1) is 8.19. The molecule has 0 aliphatic carbocycles. The predicted octanol–water partition coefficient (Wildman–Crippen LogP) is 0.841. The monoisotopic (exact) mass is 238 g/mol. The number of carboxylic acids is 1. The largest absolute Gasteiger partial charge is 0.490 e. The molecule has 0 amide bonds. The molecule has 6 heteroatoms. The van der Waals surface area contributed by atoms with Crippen molar-refractivity contribution in [1.82, 2.24) is 0 Å². The van der Waals surface area contributed by atoms with Gasteiger partial charge in [-0.05, 0) is 19.1 Å². The first-order valence-electron chi connectivity index (χ1n) is 5.02. The average Bonchev–Trinajstić information content (AvgIpc) is 2.29. The van der Waals surface area contributed by atoms with E-state index in [0.717, 1.165) is 0 Å². The second-order valence-corrected chi connectivity index (χ2v) is 3.07. The van der Waals surface area contributed by atoms with Gasteiger partial charge in [-0.3, -0.25) is 0 Å². The number of carboxylic acid groups (broad SMARTS) is 1. The third-order valence-electron chi connectivity index (χ3n) is 1.86. The smallest absolute Gasteiger partial charge is 0.341 e. The van der Waals surface area contributed by atoms with Crippen LogP contribution in [0.25, 0.3) is 0 Å². The summed E-state index contributed by atoms with van der Waals surface area (Å²) < 4.78 is 10.5. The number of aliphatic carboxylic acids is 1. The van der Waals surface area contributed by atoms with Crippen LogP contribution in [-0.4, -0.2) is 30.5 Å². The summed E-state index contributed by atoms with van der Waals surface area (Å²) in [4.78, 5) is 10.5. The molecule has 0 saturated carbocycles. The summed E-state index contributed by atoms with van der Waals surface area (Å²) in [6.45, 7) is 1.83. The third kappa shape index (κ3) is 3.67. The minimum Gasteiger partial charge on any atom is -0.490 e. The van der Waals surface area contributed by atoms with Crippen LogP contribution < -0.4 is 15.3 Å². The summed E-state index contributed by atoms with van der Waals surface area (Å²) in [6.07, 6.45) is 1.37. The van der Waals surface area contributed by atoms with Crippen molar-refractivity contribution in [3.05, 3.63) is 23.8 Å². The first kappa shape index (κ1) is 12.8. The lowest BCUT2D eigenvalue weighted by molar-refractivity contribution is -0.139. The van der Waals surface area contributed by atoms with Crippen LogP contribution in [0.1, 0.15) is 12.5 Å². The number of hydrogen-bond acceptors (Lipinski definition) is 5. The van der Waals surface area contributed by atoms with Crippen molar-refractivity contribution in [1.29, 1.82) is 0 Å². The minimum absolute atomic E-state index is 0.325. The number of hydrogen-bond donors (Lipinski definition) is 2. The molecule has 1 rings (SSSR count). The molecule has 0 fully saturated rings. The van der Waals surface area contributed by atoms with Gasteiger partial charge < -0.3 is 20.4 Å². The van der Waals surface area contributed by atoms with Crippen LogP contribution in [-0.2, 0) is 4.79 Å². The van der Waals surface area contributed by atoms with Crippen LogP contribution >= 0.6 is 0 Å². The van der Waals surface area contributed by atoms with Gasteiger partial charge in [0.2, 0.25) is 0 Å². The quantitative estimate of drug-likeness (QED) is 0.435. The van der Waals surface area contributed by atoms with Crippen molar-refractivity contribution in [3.63, 3.8) is 0 Å². The molecule has 0 aliphatic heterocycles. The first-order valence-corrected chi connectivity index (χ1v) is 5.02. The zero-order chi connectivity index (χ0) is 12.7. The Morgan fingerprint density at radius 3 is 2.88 bits per heavy atom. The van der Waals surface area contributed by atoms with E-state index >= 15 is 0 Å². The zero-order valence-corrected chi connectivity index (χ0v) is 9.42. The molecule has 0 aromatic heterocycles. The van der Waals surface area contributed by atoms with E-state index in [4.69, 9.17) is 20.4 Å². The maximum Gasteiger partial charge on any atom is 0.341 e. The number of rotatable bonds is 6. The Bertz CT molecular complexity index is 418. The van der Waals surface area contributed by atoms with Crippen LogP contribution in [0.15, 0.2) is 23.3 Å². The maximum absolute atomic E-state index is 10.5. The fraction of sp³-hybridized carbons (Fsp3) is 0.273. The SMILES string of the molecule is CCOc1cccc(C=NN)c1OCC(=O)O. The molecule has 1 aromatic carbocycles. The molecule has 1 aromatic rings. The van der Waals surface area contributed by atoms with E-state index in [1.54, 1.807) is 18.2 Å². The Labute approximate surface area is 98.6 Å². The van der Waals surface area contributed by atoms with Gasteiger partial charge in [0.1, 0.15) is 0 Å². The van der Waals surface area contributed by atoms with E-state index in [1.807, 2.05) is 6.92 Å². The summed E-state index contributed by atoms with van der Waals surface area (Å²) in [6, 6.07) is 5.14. The Morgan fingerprint density at radius 2 is 2.29 bits per heavy atom. The van der Waals surface area contributed by atoms with E-state index in [2.05, 4.69) is 5.10 Å². The highest BCUT2D eigenvalue weighted by Crippen LogP contribution is 2.30. The highest BCUT2D eigenvalue weighted by molar-refractivity contribution is 5.85. The van der Waals surface area contributed by atoms with E-state index in [-0.39, 0.29) is 0 Å². The Hall–Kier alpha value is -2.24. The van der Waals surface area contributed by atoms with Crippen molar-refractivity contribution >= 4 is 12.2 Å². The van der Waals surface area contributed by atoms with Gasteiger partial charge in [-0.25, -0.2) is 4.79 Å². The number of carbonyl (C=O) groups is 1. The zero-order valence-electron chi connectivity index (χ0n) is 9.42. The number of para-hydroxylation sites is 1. The molecule has 17 heavy (non-hydrogen) atoms. The van der Waals surface area contributed by atoms with Crippen molar-refractivity contribution in [2.45, 2.75) is 6.92 Å². The molecule has 0 saturated heterocycles. The Balaban J connectivity index is 3.04. The summed E-state index contributed by atoms with van der Waals surface area (Å²) in [5.41, 5.74) is 0.569. The van der Waals surface area contributed by atoms with Crippen molar-refractivity contribution in [2.75, 3.05) is 13.2 Å². The van der Waals surface area contributed by atoms with E-state index < -0.39 is 12.6 Å². The average molecular weight is 238 g/mol. The van der Waals surface area contributed by atoms with Gasteiger partial charge in [0.25, 0.3) is 0 Å². The highest BCUT2D eigenvalue weighted by atomic mass is 16.5. The van der Waals surface area contributed by atoms with Gasteiger partial charge >= 0.3 is 5.97 Å². The second kappa shape index (κ2) is 6.37. The number of nitrogens with two attached hydrogens (primary N) is 1. The lowest BCUT2D eigenvalue weighted by atomic mass is 10.2. The van der Waals surface area contributed by atoms with Gasteiger partial charge in [0.05, 0.1) is 12.8 Å². The Morgan fingerprint density at radius 1 is 1.53 bits per heavy atom. The third-order valence-corrected chi connectivity index (χ3v) is 1.86. The van der Waals surface area contributed by atoms with Crippen LogP contribution in [0.5, 0.6) is 11.5 Å². The van der Waals surface area contributed by atoms with Crippen molar-refractivity contribution in [2.24, 2.45) is 10.9 Å². The van der Waals surface area contributed by atoms with Crippen molar-refractivity contribution < 1.29 is 19.4 Å². The Kier molecular flexibility index (Phi) is 4.80. The molecule has 0 bridgehead atoms. The number of nitrogens with zero attached hydrogens (tertiary/aromatic N) is 1. The van der Waals surface area contributed by atoms with Gasteiger partial charge in [-0.1, -0.05) is 6.07 Å². The van der Waals surface area contributed by atoms with Gasteiger partial charge in [0, 0.05) is 5.56 Å². The number of ether oxygens (including phenoxy) is 2. The fourth-order valence-electron chi connectivity index (χ4n) is 1.27. The van der Waals surface area contributed by atoms with E-state index in [0.29, 0.717) is 23.7 Å². The van der Waals surface area contributed by atoms with Gasteiger partial charge in [-0.15, -0.1) is 0 Å². The maximum atomic E-state index is 10.5. The summed E-state index contributed by atoms with van der Waals surface area (Å²) >= 11 is 0. The molecule has 0 radical (unpaired) electrons. The van der Waals surface area contributed by atoms with E-state index in [9.17, 15) is 4.79 Å². The molecular weight excluding hydrogens is 224 g/mol. The van der Waals surface area contributed by atoms with Crippen LogP contribution in [0.3, 0.4) is 0 Å². The van der Waals surface area contributed by atoms with Crippen LogP contribution in [0.2, 0.25) is 0 Å². The van der Waals surface area contributed by atoms with E-state index in [1.165, 1.54) is 6.21 Å². The number of benzene rings is 1. The lowest BCUT2D eigenvalue weighted by Crippen LogP contribution is -2.11. The summed E-state index contributed by atoms with van der Waals surface area (Å²) in [5, 5.41) is 12.0. The number of hydrazone groups is 1. The molecule has 0 aliphatic rings. The molecule has 0 unspecified atom stereocenters. The molecule has 3 N–H and O–H groups in total. The molecule has 0 atom stereocenters. The highest BCUT2D eigenvalue weighted by Gasteiger charge is 2.11. The molecule has 0 heterocycles. The van der Waals surface area contributed by atoms with Gasteiger partial charge in [0.15, 0.2) is 18.1 Å². The second-order valence-electron chi connectivity index (χ2n) is 3.07.